The number of fused-ring (bicyclic) bond motifs is 1. The molecule has 4 heterocycles. The Morgan fingerprint density at radius 3 is 2.63 bits per heavy atom. The Labute approximate surface area is 222 Å². The standard InChI is InChI=1S/C27H32N6O4S/c1-18-10-11-24(28-15-18)29-27(35)22-8-6-13-31(16-22)38(36,37)26-19(2)30-33(20(26)3)17-25(34)32-14-12-21-7-4-5-9-23(21)32/h4-5,7,9-11,15,22H,6,8,12-14,16-17H2,1-3H3,(H,28,29,35)/t22-/m0/s1. The first-order valence-corrected chi connectivity index (χ1v) is 14.2. The van der Waals surface area contributed by atoms with Crippen LogP contribution in [0.5, 0.6) is 0 Å². The summed E-state index contributed by atoms with van der Waals surface area (Å²) in [7, 11) is -3.92. The number of para-hydroxylation sites is 1. The first-order valence-electron chi connectivity index (χ1n) is 12.8. The van der Waals surface area contributed by atoms with E-state index in [0.29, 0.717) is 43.1 Å². The van der Waals surface area contributed by atoms with Crippen molar-refractivity contribution < 1.29 is 18.0 Å². The van der Waals surface area contributed by atoms with Gasteiger partial charge in [-0.15, -0.1) is 0 Å². The average Bonchev–Trinajstić information content (AvgIpc) is 3.46. The van der Waals surface area contributed by atoms with E-state index >= 15 is 0 Å². The third kappa shape index (κ3) is 4.95. The number of nitrogens with one attached hydrogen (secondary N) is 1. The Morgan fingerprint density at radius 1 is 1.08 bits per heavy atom. The average molecular weight is 537 g/mol. The minimum atomic E-state index is -3.92. The second-order valence-electron chi connectivity index (χ2n) is 9.99. The zero-order valence-corrected chi connectivity index (χ0v) is 22.7. The third-order valence-electron chi connectivity index (χ3n) is 7.30. The van der Waals surface area contributed by atoms with E-state index in [-0.39, 0.29) is 29.8 Å². The summed E-state index contributed by atoms with van der Waals surface area (Å²) >= 11 is 0. The number of sulfonamides is 1. The van der Waals surface area contributed by atoms with E-state index in [1.807, 2.05) is 37.3 Å². The highest BCUT2D eigenvalue weighted by Crippen LogP contribution is 2.30. The number of nitrogens with zero attached hydrogens (tertiary/aromatic N) is 5. The lowest BCUT2D eigenvalue weighted by atomic mass is 9.99. The molecule has 1 fully saturated rings. The number of hydrogen-bond donors (Lipinski definition) is 1. The maximum absolute atomic E-state index is 13.7. The van der Waals surface area contributed by atoms with E-state index in [1.165, 1.54) is 8.99 Å². The van der Waals surface area contributed by atoms with E-state index in [1.54, 1.807) is 31.0 Å². The van der Waals surface area contributed by atoms with Gasteiger partial charge in [0.15, 0.2) is 0 Å². The van der Waals surface area contributed by atoms with Gasteiger partial charge in [-0.3, -0.25) is 14.3 Å². The minimum Gasteiger partial charge on any atom is -0.310 e. The van der Waals surface area contributed by atoms with Gasteiger partial charge in [-0.2, -0.15) is 9.40 Å². The molecule has 5 rings (SSSR count). The van der Waals surface area contributed by atoms with Crippen LogP contribution in [0, 0.1) is 26.7 Å². The van der Waals surface area contributed by atoms with Crippen LogP contribution in [0.1, 0.15) is 35.4 Å². The van der Waals surface area contributed by atoms with Crippen LogP contribution in [-0.4, -0.2) is 58.9 Å². The SMILES string of the molecule is Cc1ccc(NC(=O)[C@H]2CCCN(S(=O)(=O)c3c(C)nn(CC(=O)N4CCc5ccccc54)c3C)C2)nc1. The van der Waals surface area contributed by atoms with Gasteiger partial charge in [-0.1, -0.05) is 24.3 Å². The van der Waals surface area contributed by atoms with Gasteiger partial charge in [0, 0.05) is 31.5 Å². The fourth-order valence-corrected chi connectivity index (χ4v) is 7.19. The normalized spacial score (nSPS) is 17.9. The van der Waals surface area contributed by atoms with Crippen molar-refractivity contribution in [3.8, 4) is 0 Å². The first-order chi connectivity index (χ1) is 18.1. The maximum atomic E-state index is 13.7. The lowest BCUT2D eigenvalue weighted by molar-refractivity contribution is -0.121. The molecule has 1 saturated heterocycles. The number of aryl methyl sites for hydroxylation is 2. The van der Waals surface area contributed by atoms with E-state index in [2.05, 4.69) is 15.4 Å². The second-order valence-corrected chi connectivity index (χ2v) is 11.9. The van der Waals surface area contributed by atoms with Crippen molar-refractivity contribution in [1.82, 2.24) is 19.1 Å². The van der Waals surface area contributed by atoms with Gasteiger partial charge in [0.1, 0.15) is 17.3 Å². The van der Waals surface area contributed by atoms with E-state index in [9.17, 15) is 18.0 Å². The van der Waals surface area contributed by atoms with Gasteiger partial charge < -0.3 is 10.2 Å². The van der Waals surface area contributed by atoms with E-state index in [0.717, 1.165) is 23.2 Å². The molecule has 0 unspecified atom stereocenters. The molecule has 1 aromatic carbocycles. The summed E-state index contributed by atoms with van der Waals surface area (Å²) in [6.45, 7) is 6.17. The lowest BCUT2D eigenvalue weighted by Crippen LogP contribution is -2.44. The van der Waals surface area contributed by atoms with Gasteiger partial charge in [-0.05, 0) is 63.3 Å². The van der Waals surface area contributed by atoms with E-state index < -0.39 is 15.9 Å². The largest absolute Gasteiger partial charge is 0.310 e. The van der Waals surface area contributed by atoms with Crippen LogP contribution >= 0.6 is 0 Å². The molecule has 200 valence electrons. The molecule has 10 nitrogen and oxygen atoms in total. The zero-order chi connectivity index (χ0) is 27.0. The van der Waals surface area contributed by atoms with Crippen LogP contribution in [0.2, 0.25) is 0 Å². The van der Waals surface area contributed by atoms with Gasteiger partial charge >= 0.3 is 0 Å². The van der Waals surface area contributed by atoms with Gasteiger partial charge in [0.05, 0.1) is 17.3 Å². The Balaban J connectivity index is 1.31. The maximum Gasteiger partial charge on any atom is 0.248 e. The van der Waals surface area contributed by atoms with Crippen LogP contribution in [0.15, 0.2) is 47.5 Å². The van der Waals surface area contributed by atoms with Crippen molar-refractivity contribution in [1.29, 1.82) is 0 Å². The monoisotopic (exact) mass is 536 g/mol. The topological polar surface area (TPSA) is 118 Å². The number of carbonyl (C=O) groups is 2. The Kier molecular flexibility index (Phi) is 7.06. The summed E-state index contributed by atoms with van der Waals surface area (Å²) in [5.41, 5.74) is 3.76. The number of anilines is 2. The summed E-state index contributed by atoms with van der Waals surface area (Å²) < 4.78 is 30.3. The molecule has 2 aliphatic rings. The summed E-state index contributed by atoms with van der Waals surface area (Å²) in [6, 6.07) is 11.4. The van der Waals surface area contributed by atoms with Gasteiger partial charge in [0.2, 0.25) is 21.8 Å². The number of hydrogen-bond acceptors (Lipinski definition) is 6. The highest BCUT2D eigenvalue weighted by atomic mass is 32.2. The van der Waals surface area contributed by atoms with Crippen molar-refractivity contribution in [3.63, 3.8) is 0 Å². The zero-order valence-electron chi connectivity index (χ0n) is 21.8. The Morgan fingerprint density at radius 2 is 1.87 bits per heavy atom. The molecular weight excluding hydrogens is 504 g/mol. The first kappa shape index (κ1) is 26.1. The Bertz CT molecular complexity index is 1480. The Hall–Kier alpha value is -3.57. The molecule has 11 heteroatoms. The number of pyridine rings is 1. The number of amides is 2. The molecule has 2 aromatic heterocycles. The van der Waals surface area contributed by atoms with Crippen molar-refractivity contribution in [3.05, 3.63) is 65.1 Å². The van der Waals surface area contributed by atoms with Crippen LogP contribution < -0.4 is 10.2 Å². The summed E-state index contributed by atoms with van der Waals surface area (Å²) in [5.74, 6) is -0.432. The van der Waals surface area contributed by atoms with Crippen molar-refractivity contribution in [2.24, 2.45) is 5.92 Å². The number of rotatable bonds is 6. The molecule has 0 radical (unpaired) electrons. The predicted octanol–water partition coefficient (Wildman–Crippen LogP) is 2.83. The molecule has 1 N–H and O–H groups in total. The quantitative estimate of drug-likeness (QED) is 0.518. The molecule has 0 spiro atoms. The fraction of sp³-hybridized carbons (Fsp3) is 0.407. The van der Waals surface area contributed by atoms with Crippen molar-refractivity contribution >= 4 is 33.3 Å². The molecule has 38 heavy (non-hydrogen) atoms. The van der Waals surface area contributed by atoms with Crippen LogP contribution in [-0.2, 0) is 32.6 Å². The smallest absolute Gasteiger partial charge is 0.248 e. The highest BCUT2D eigenvalue weighted by Gasteiger charge is 2.37. The highest BCUT2D eigenvalue weighted by molar-refractivity contribution is 7.89. The predicted molar refractivity (Wildman–Crippen MR) is 143 cm³/mol. The van der Waals surface area contributed by atoms with Gasteiger partial charge in [0.25, 0.3) is 0 Å². The number of aromatic nitrogens is 3. The molecule has 2 aliphatic heterocycles. The van der Waals surface area contributed by atoms with Crippen LogP contribution in [0.4, 0.5) is 11.5 Å². The molecular formula is C27H32N6O4S. The molecule has 0 aliphatic carbocycles. The van der Waals surface area contributed by atoms with Crippen LogP contribution in [0.3, 0.4) is 0 Å². The number of carbonyl (C=O) groups excluding carboxylic acids is 2. The number of piperidine rings is 1. The molecule has 1 atom stereocenters. The summed E-state index contributed by atoms with van der Waals surface area (Å²) in [4.78, 5) is 32.1. The fourth-order valence-electron chi connectivity index (χ4n) is 5.29. The third-order valence-corrected chi connectivity index (χ3v) is 9.42. The van der Waals surface area contributed by atoms with Crippen molar-refractivity contribution in [2.75, 3.05) is 29.9 Å². The molecule has 3 aromatic rings. The van der Waals surface area contributed by atoms with Gasteiger partial charge in [-0.25, -0.2) is 13.4 Å². The summed E-state index contributed by atoms with van der Waals surface area (Å²) in [5, 5.41) is 7.23. The number of benzene rings is 1. The molecule has 0 saturated carbocycles. The molecule has 0 bridgehead atoms. The van der Waals surface area contributed by atoms with Crippen molar-refractivity contribution in [2.45, 2.75) is 51.5 Å². The minimum absolute atomic E-state index is 0.0505. The molecule has 2 amide bonds. The second kappa shape index (κ2) is 10.3. The van der Waals surface area contributed by atoms with E-state index in [4.69, 9.17) is 0 Å². The lowest BCUT2D eigenvalue weighted by Gasteiger charge is -2.31. The van der Waals surface area contributed by atoms with Crippen LogP contribution in [0.25, 0.3) is 0 Å². The summed E-state index contributed by atoms with van der Waals surface area (Å²) in [6.07, 6.45) is 3.62.